The van der Waals surface area contributed by atoms with E-state index >= 15 is 0 Å². The highest BCUT2D eigenvalue weighted by Gasteiger charge is 2.17. The number of pyridine rings is 1. The predicted molar refractivity (Wildman–Crippen MR) is 105 cm³/mol. The number of hydrogen-bond acceptors (Lipinski definition) is 7. The fourth-order valence-electron chi connectivity index (χ4n) is 2.62. The van der Waals surface area contributed by atoms with Crippen molar-refractivity contribution in [1.29, 1.82) is 5.26 Å². The van der Waals surface area contributed by atoms with Gasteiger partial charge in [-0.1, -0.05) is 25.4 Å². The van der Waals surface area contributed by atoms with Crippen molar-refractivity contribution in [3.05, 3.63) is 67.3 Å². The van der Waals surface area contributed by atoms with Gasteiger partial charge in [0.15, 0.2) is 11.6 Å². The molecule has 0 saturated carbocycles. The molecule has 1 aromatic carbocycles. The Hall–Kier alpha value is -3.71. The second-order valence-corrected chi connectivity index (χ2v) is 6.80. The Kier molecular flexibility index (Phi) is 5.84. The molecule has 2 heterocycles. The molecule has 0 radical (unpaired) electrons. The summed E-state index contributed by atoms with van der Waals surface area (Å²) in [5, 5.41) is 12.4. The number of H-pyrrole nitrogens is 1. The first-order valence-electron chi connectivity index (χ1n) is 8.60. The molecule has 1 N–H and O–H groups in total. The first-order valence-corrected chi connectivity index (χ1v) is 8.98. The summed E-state index contributed by atoms with van der Waals surface area (Å²) in [7, 11) is 1.49. The first-order chi connectivity index (χ1) is 14.2. The van der Waals surface area contributed by atoms with Gasteiger partial charge in [0.2, 0.25) is 11.6 Å². The van der Waals surface area contributed by atoms with Crippen molar-refractivity contribution in [3.8, 4) is 29.1 Å². The molecule has 3 rings (SSSR count). The average Bonchev–Trinajstić information content (AvgIpc) is 2.70. The molecule has 0 bridgehead atoms. The van der Waals surface area contributed by atoms with Gasteiger partial charge in [-0.15, -0.1) is 5.10 Å². The van der Waals surface area contributed by atoms with Gasteiger partial charge in [0, 0.05) is 11.6 Å². The van der Waals surface area contributed by atoms with Crippen molar-refractivity contribution >= 4 is 11.6 Å². The van der Waals surface area contributed by atoms with E-state index in [0.29, 0.717) is 10.6 Å². The number of methoxy groups -OCH3 is 1. The van der Waals surface area contributed by atoms with Crippen LogP contribution in [-0.4, -0.2) is 26.9 Å². The van der Waals surface area contributed by atoms with Crippen LogP contribution in [0.5, 0.6) is 17.4 Å². The van der Waals surface area contributed by atoms with Crippen molar-refractivity contribution in [2.24, 2.45) is 0 Å². The van der Waals surface area contributed by atoms with Gasteiger partial charge in [0.1, 0.15) is 11.8 Å². The molecular formula is C19H15ClFN5O4. The molecule has 0 spiro atoms. The van der Waals surface area contributed by atoms with Gasteiger partial charge < -0.3 is 9.47 Å². The highest BCUT2D eigenvalue weighted by Crippen LogP contribution is 2.36. The van der Waals surface area contributed by atoms with E-state index in [1.54, 1.807) is 12.1 Å². The minimum atomic E-state index is -0.955. The minimum Gasteiger partial charge on any atom is -0.481 e. The van der Waals surface area contributed by atoms with E-state index in [2.05, 4.69) is 10.1 Å². The zero-order valence-electron chi connectivity index (χ0n) is 16.1. The highest BCUT2D eigenvalue weighted by atomic mass is 35.5. The van der Waals surface area contributed by atoms with Crippen LogP contribution < -0.4 is 20.7 Å². The van der Waals surface area contributed by atoms with E-state index in [-0.39, 0.29) is 28.1 Å². The molecule has 0 fully saturated rings. The lowest BCUT2D eigenvalue weighted by Crippen LogP contribution is -2.33. The van der Waals surface area contributed by atoms with Crippen LogP contribution in [0.1, 0.15) is 31.0 Å². The summed E-state index contributed by atoms with van der Waals surface area (Å²) in [6, 6.07) is 5.36. The summed E-state index contributed by atoms with van der Waals surface area (Å²) in [5.41, 5.74) is -1.80. The molecule has 0 unspecified atom stereocenters. The SMILES string of the molecule is COc1ncc(Oc2c(F)cc(-n3nc(C#N)c(=O)[nH]c3=O)cc2Cl)cc1C(C)C. The van der Waals surface area contributed by atoms with Gasteiger partial charge in [-0.25, -0.2) is 14.2 Å². The quantitative estimate of drug-likeness (QED) is 0.658. The number of ether oxygens (including phenoxy) is 2. The Labute approximate surface area is 174 Å². The van der Waals surface area contributed by atoms with Crippen LogP contribution in [0, 0.1) is 17.1 Å². The fraction of sp³-hybridized carbons (Fsp3) is 0.211. The Morgan fingerprint density at radius 2 is 2.03 bits per heavy atom. The zero-order chi connectivity index (χ0) is 22.0. The predicted octanol–water partition coefficient (Wildman–Crippen LogP) is 2.90. The van der Waals surface area contributed by atoms with Crippen molar-refractivity contribution < 1.29 is 13.9 Å². The number of nitrogens with zero attached hydrogens (tertiary/aromatic N) is 4. The number of nitrogens with one attached hydrogen (secondary N) is 1. The number of aromatic nitrogens is 4. The summed E-state index contributed by atoms with van der Waals surface area (Å²) in [6.45, 7) is 3.88. The number of hydrogen-bond donors (Lipinski definition) is 1. The van der Waals surface area contributed by atoms with E-state index in [0.717, 1.165) is 11.6 Å². The molecule has 3 aromatic rings. The largest absolute Gasteiger partial charge is 0.481 e. The van der Waals surface area contributed by atoms with Crippen molar-refractivity contribution in [2.45, 2.75) is 19.8 Å². The molecule has 0 amide bonds. The van der Waals surface area contributed by atoms with E-state index in [9.17, 15) is 14.0 Å². The Bertz CT molecular complexity index is 1260. The van der Waals surface area contributed by atoms with Gasteiger partial charge in [-0.05, 0) is 18.1 Å². The van der Waals surface area contributed by atoms with Crippen molar-refractivity contribution in [3.63, 3.8) is 0 Å². The molecule has 154 valence electrons. The van der Waals surface area contributed by atoms with Crippen molar-refractivity contribution in [2.75, 3.05) is 7.11 Å². The summed E-state index contributed by atoms with van der Waals surface area (Å²) in [4.78, 5) is 29.5. The number of rotatable bonds is 5. The highest BCUT2D eigenvalue weighted by molar-refractivity contribution is 6.32. The average molecular weight is 432 g/mol. The molecule has 9 nitrogen and oxygen atoms in total. The summed E-state index contributed by atoms with van der Waals surface area (Å²) in [5.74, 6) is -0.445. The normalized spacial score (nSPS) is 10.7. The molecule has 0 aliphatic heterocycles. The zero-order valence-corrected chi connectivity index (χ0v) is 16.8. The smallest absolute Gasteiger partial charge is 0.349 e. The lowest BCUT2D eigenvalue weighted by molar-refractivity contribution is 0.385. The number of halogens is 2. The first kappa shape index (κ1) is 21.0. The lowest BCUT2D eigenvalue weighted by Gasteiger charge is -2.14. The molecule has 0 aliphatic rings. The van der Waals surface area contributed by atoms with E-state index in [4.69, 9.17) is 26.3 Å². The second-order valence-electron chi connectivity index (χ2n) is 6.40. The molecule has 0 saturated heterocycles. The van der Waals surface area contributed by atoms with Crippen LogP contribution in [0.2, 0.25) is 5.02 Å². The Morgan fingerprint density at radius 1 is 1.30 bits per heavy atom. The van der Waals surface area contributed by atoms with Crippen LogP contribution >= 0.6 is 11.6 Å². The number of nitriles is 1. The summed E-state index contributed by atoms with van der Waals surface area (Å²) < 4.78 is 26.2. The van der Waals surface area contributed by atoms with Gasteiger partial charge in [0.05, 0.1) is 24.0 Å². The van der Waals surface area contributed by atoms with Gasteiger partial charge in [-0.2, -0.15) is 9.94 Å². The van der Waals surface area contributed by atoms with E-state index in [1.807, 2.05) is 18.8 Å². The van der Waals surface area contributed by atoms with Gasteiger partial charge in [0.25, 0.3) is 5.56 Å². The standard InChI is InChI=1S/C19H15ClFN5O4/c1-9(2)12-6-11(8-23-18(12)29-3)30-16-13(20)4-10(5-14(16)21)26-19(28)24-17(27)15(7-22)25-26/h4-6,8-9H,1-3H3,(H,24,27,28). The fourth-order valence-corrected chi connectivity index (χ4v) is 2.86. The molecule has 11 heteroatoms. The number of benzene rings is 1. The maximum atomic E-state index is 14.7. The summed E-state index contributed by atoms with van der Waals surface area (Å²) in [6.07, 6.45) is 1.36. The Morgan fingerprint density at radius 3 is 2.63 bits per heavy atom. The maximum Gasteiger partial charge on any atom is 0.349 e. The van der Waals surface area contributed by atoms with Gasteiger partial charge in [-0.3, -0.25) is 9.78 Å². The van der Waals surface area contributed by atoms with E-state index in [1.165, 1.54) is 19.4 Å². The molecule has 30 heavy (non-hydrogen) atoms. The van der Waals surface area contributed by atoms with Crippen LogP contribution in [0.4, 0.5) is 4.39 Å². The summed E-state index contributed by atoms with van der Waals surface area (Å²) >= 11 is 6.16. The van der Waals surface area contributed by atoms with Crippen LogP contribution in [-0.2, 0) is 0 Å². The maximum absolute atomic E-state index is 14.7. The molecular weight excluding hydrogens is 417 g/mol. The van der Waals surface area contributed by atoms with Crippen LogP contribution in [0.3, 0.4) is 0 Å². The minimum absolute atomic E-state index is 0.0752. The van der Waals surface area contributed by atoms with Crippen LogP contribution in [0.15, 0.2) is 34.0 Å². The third kappa shape index (κ3) is 4.01. The third-order valence-corrected chi connectivity index (χ3v) is 4.33. The molecule has 2 aromatic heterocycles. The lowest BCUT2D eigenvalue weighted by atomic mass is 10.1. The monoisotopic (exact) mass is 431 g/mol. The van der Waals surface area contributed by atoms with Crippen molar-refractivity contribution in [1.82, 2.24) is 19.7 Å². The van der Waals surface area contributed by atoms with Gasteiger partial charge >= 0.3 is 5.69 Å². The third-order valence-electron chi connectivity index (χ3n) is 4.05. The molecule has 0 atom stereocenters. The number of aromatic amines is 1. The topological polar surface area (TPSA) is 123 Å². The van der Waals surface area contributed by atoms with Crippen LogP contribution in [0.25, 0.3) is 5.69 Å². The second kappa shape index (κ2) is 8.34. The Balaban J connectivity index is 2.03. The van der Waals surface area contributed by atoms with E-state index < -0.39 is 22.8 Å². The molecule has 0 aliphatic carbocycles.